The average molecular weight is 382 g/mol. The second-order valence-corrected chi connectivity index (χ2v) is 7.01. The molecule has 21 heavy (non-hydrogen) atoms. The molecule has 0 bridgehead atoms. The van der Waals surface area contributed by atoms with E-state index in [1.54, 1.807) is 12.2 Å². The maximum atomic E-state index is 11.8. The Balaban J connectivity index is 1.92. The number of amides is 1. The van der Waals surface area contributed by atoms with E-state index in [2.05, 4.69) is 38.0 Å². The number of thioether (sulfide) groups is 1. The van der Waals surface area contributed by atoms with Crippen molar-refractivity contribution < 1.29 is 4.79 Å². The fourth-order valence-electron chi connectivity index (χ4n) is 1.38. The number of carbonyl (C=O) groups is 1. The topological polar surface area (TPSA) is 54.9 Å². The maximum Gasteiger partial charge on any atom is 0.250 e. The van der Waals surface area contributed by atoms with E-state index in [0.29, 0.717) is 5.13 Å². The lowest BCUT2D eigenvalue weighted by Crippen LogP contribution is -2.07. The lowest BCUT2D eigenvalue weighted by atomic mass is 10.2. The van der Waals surface area contributed by atoms with E-state index in [4.69, 9.17) is 0 Å². The van der Waals surface area contributed by atoms with Crippen LogP contribution in [-0.2, 0) is 4.79 Å². The molecule has 0 atom stereocenters. The first-order chi connectivity index (χ1) is 10.2. The second-order valence-electron chi connectivity index (χ2n) is 3.85. The third kappa shape index (κ3) is 5.45. The first kappa shape index (κ1) is 15.9. The van der Waals surface area contributed by atoms with Crippen LogP contribution in [0.1, 0.15) is 5.56 Å². The highest BCUT2D eigenvalue weighted by Crippen LogP contribution is 2.25. The van der Waals surface area contributed by atoms with Gasteiger partial charge in [0.15, 0.2) is 4.34 Å². The van der Waals surface area contributed by atoms with Crippen LogP contribution in [0.25, 0.3) is 6.08 Å². The molecule has 0 aliphatic carbocycles. The Kier molecular flexibility index (Phi) is 6.16. The highest BCUT2D eigenvalue weighted by atomic mass is 79.9. The Bertz CT molecular complexity index is 670. The molecule has 108 valence electrons. The van der Waals surface area contributed by atoms with Gasteiger partial charge in [-0.1, -0.05) is 57.2 Å². The monoisotopic (exact) mass is 381 g/mol. The zero-order chi connectivity index (χ0) is 15.1. The highest BCUT2D eigenvalue weighted by molar-refractivity contribution is 9.10. The third-order valence-electron chi connectivity index (χ3n) is 2.24. The lowest BCUT2D eigenvalue weighted by molar-refractivity contribution is -0.111. The molecule has 0 saturated heterocycles. The standard InChI is InChI=1S/C14H12BrN3OS2/c1-2-8-20-14-18-17-13(21-14)16-12(19)7-6-10-4-3-5-11(15)9-10/h2-7,9H,1,8H2,(H,16,17,19). The van der Waals surface area contributed by atoms with E-state index in [9.17, 15) is 4.79 Å². The predicted molar refractivity (Wildman–Crippen MR) is 92.6 cm³/mol. The number of rotatable bonds is 6. The Morgan fingerprint density at radius 2 is 2.33 bits per heavy atom. The average Bonchev–Trinajstić information content (AvgIpc) is 2.90. The Morgan fingerprint density at radius 3 is 3.10 bits per heavy atom. The molecule has 1 amide bonds. The molecule has 1 aromatic carbocycles. The van der Waals surface area contributed by atoms with E-state index in [-0.39, 0.29) is 5.91 Å². The summed E-state index contributed by atoms with van der Waals surface area (Å²) in [4.78, 5) is 11.8. The quantitative estimate of drug-likeness (QED) is 0.352. The minimum Gasteiger partial charge on any atom is -0.297 e. The Hall–Kier alpha value is -1.44. The van der Waals surface area contributed by atoms with Crippen LogP contribution in [0.4, 0.5) is 5.13 Å². The Morgan fingerprint density at radius 1 is 1.48 bits per heavy atom. The van der Waals surface area contributed by atoms with Crippen LogP contribution >= 0.6 is 39.0 Å². The first-order valence-electron chi connectivity index (χ1n) is 5.99. The zero-order valence-corrected chi connectivity index (χ0v) is 14.2. The van der Waals surface area contributed by atoms with Crippen molar-refractivity contribution in [1.29, 1.82) is 0 Å². The van der Waals surface area contributed by atoms with Crippen molar-refractivity contribution in [2.45, 2.75) is 4.34 Å². The van der Waals surface area contributed by atoms with Gasteiger partial charge in [-0.05, 0) is 23.8 Å². The minimum atomic E-state index is -0.230. The van der Waals surface area contributed by atoms with E-state index >= 15 is 0 Å². The summed E-state index contributed by atoms with van der Waals surface area (Å²) >= 11 is 6.26. The first-order valence-corrected chi connectivity index (χ1v) is 8.59. The molecule has 2 aromatic rings. The van der Waals surface area contributed by atoms with Gasteiger partial charge in [0, 0.05) is 16.3 Å². The zero-order valence-electron chi connectivity index (χ0n) is 11.0. The van der Waals surface area contributed by atoms with Crippen LogP contribution in [-0.4, -0.2) is 21.9 Å². The number of benzene rings is 1. The van der Waals surface area contributed by atoms with Gasteiger partial charge >= 0.3 is 0 Å². The molecule has 4 nitrogen and oxygen atoms in total. The number of hydrogen-bond acceptors (Lipinski definition) is 5. The van der Waals surface area contributed by atoms with Crippen molar-refractivity contribution in [3.8, 4) is 0 Å². The number of hydrogen-bond donors (Lipinski definition) is 1. The predicted octanol–water partition coefficient (Wildman–Crippen LogP) is 4.23. The molecular formula is C14H12BrN3OS2. The molecule has 1 N–H and O–H groups in total. The van der Waals surface area contributed by atoms with Crippen molar-refractivity contribution >= 4 is 56.1 Å². The molecule has 0 spiro atoms. The summed E-state index contributed by atoms with van der Waals surface area (Å²) in [5.41, 5.74) is 0.944. The van der Waals surface area contributed by atoms with Gasteiger partial charge in [-0.15, -0.1) is 16.8 Å². The second kappa shape index (κ2) is 8.11. The normalized spacial score (nSPS) is 10.7. The van der Waals surface area contributed by atoms with Crippen molar-refractivity contribution in [2.75, 3.05) is 11.1 Å². The summed E-state index contributed by atoms with van der Waals surface area (Å²) in [6.07, 6.45) is 5.01. The summed E-state index contributed by atoms with van der Waals surface area (Å²) in [5, 5.41) is 11.1. The molecule has 0 unspecified atom stereocenters. The molecule has 0 aliphatic rings. The van der Waals surface area contributed by atoms with Crippen LogP contribution in [0.2, 0.25) is 0 Å². The van der Waals surface area contributed by atoms with Gasteiger partial charge in [-0.2, -0.15) is 0 Å². The molecule has 0 aliphatic heterocycles. The molecule has 1 heterocycles. The van der Waals surface area contributed by atoms with Gasteiger partial charge < -0.3 is 0 Å². The van der Waals surface area contributed by atoms with Crippen molar-refractivity contribution in [2.24, 2.45) is 0 Å². The van der Waals surface area contributed by atoms with E-state index in [0.717, 1.165) is 20.1 Å². The number of nitrogens with one attached hydrogen (secondary N) is 1. The number of halogens is 1. The molecular weight excluding hydrogens is 370 g/mol. The van der Waals surface area contributed by atoms with Crippen LogP contribution in [0.3, 0.4) is 0 Å². The van der Waals surface area contributed by atoms with Crippen LogP contribution in [0, 0.1) is 0 Å². The number of carbonyl (C=O) groups excluding carboxylic acids is 1. The van der Waals surface area contributed by atoms with Gasteiger partial charge in [0.25, 0.3) is 0 Å². The van der Waals surface area contributed by atoms with Crippen LogP contribution in [0.5, 0.6) is 0 Å². The number of nitrogens with zero attached hydrogens (tertiary/aromatic N) is 2. The van der Waals surface area contributed by atoms with Crippen LogP contribution < -0.4 is 5.32 Å². The summed E-state index contributed by atoms with van der Waals surface area (Å²) in [5.74, 6) is 0.539. The van der Waals surface area contributed by atoms with Crippen molar-refractivity contribution in [3.05, 3.63) is 53.0 Å². The summed E-state index contributed by atoms with van der Waals surface area (Å²) < 4.78 is 1.78. The SMILES string of the molecule is C=CCSc1nnc(NC(=O)C=Cc2cccc(Br)c2)s1. The summed E-state index contributed by atoms with van der Waals surface area (Å²) in [6, 6.07) is 7.69. The van der Waals surface area contributed by atoms with Crippen LogP contribution in [0.15, 0.2) is 51.8 Å². The number of anilines is 1. The lowest BCUT2D eigenvalue weighted by Gasteiger charge is -1.96. The smallest absolute Gasteiger partial charge is 0.250 e. The van der Waals surface area contributed by atoms with Crippen molar-refractivity contribution in [1.82, 2.24) is 10.2 Å². The summed E-state index contributed by atoms with van der Waals surface area (Å²) in [7, 11) is 0. The fourth-order valence-corrected chi connectivity index (χ4v) is 3.31. The van der Waals surface area contributed by atoms with Gasteiger partial charge in [0.1, 0.15) is 0 Å². The molecule has 7 heteroatoms. The van der Waals surface area contributed by atoms with E-state index < -0.39 is 0 Å². The fraction of sp³-hybridized carbons (Fsp3) is 0.0714. The van der Waals surface area contributed by atoms with E-state index in [1.807, 2.05) is 24.3 Å². The molecule has 0 fully saturated rings. The van der Waals surface area contributed by atoms with Gasteiger partial charge in [0.2, 0.25) is 11.0 Å². The number of aromatic nitrogens is 2. The highest BCUT2D eigenvalue weighted by Gasteiger charge is 2.06. The third-order valence-corrected chi connectivity index (χ3v) is 4.70. The molecule has 0 radical (unpaired) electrons. The van der Waals surface area contributed by atoms with E-state index in [1.165, 1.54) is 29.2 Å². The summed E-state index contributed by atoms with van der Waals surface area (Å²) in [6.45, 7) is 3.64. The molecule has 2 rings (SSSR count). The van der Waals surface area contributed by atoms with Gasteiger partial charge in [-0.3, -0.25) is 10.1 Å². The molecule has 0 saturated carbocycles. The van der Waals surface area contributed by atoms with Gasteiger partial charge in [0.05, 0.1) is 0 Å². The minimum absolute atomic E-state index is 0.230. The van der Waals surface area contributed by atoms with Crippen molar-refractivity contribution in [3.63, 3.8) is 0 Å². The maximum absolute atomic E-state index is 11.8. The largest absolute Gasteiger partial charge is 0.297 e. The Labute approximate surface area is 139 Å². The van der Waals surface area contributed by atoms with Gasteiger partial charge in [-0.25, -0.2) is 0 Å². The molecule has 1 aromatic heterocycles.